The molecule has 4 heteroatoms. The van der Waals surface area contributed by atoms with Crippen molar-refractivity contribution in [2.24, 2.45) is 0 Å². The van der Waals surface area contributed by atoms with Crippen molar-refractivity contribution < 1.29 is 9.15 Å². The average molecular weight is 358 g/mol. The van der Waals surface area contributed by atoms with Crippen LogP contribution in [-0.4, -0.2) is 6.61 Å². The SMILES string of the molecule is CCCOc1ccc(C(Cl)c2cc(C)oc2C)cc1Br. The van der Waals surface area contributed by atoms with Crippen LogP contribution in [0.3, 0.4) is 0 Å². The summed E-state index contributed by atoms with van der Waals surface area (Å²) >= 11 is 10.1. The molecule has 20 heavy (non-hydrogen) atoms. The number of halogens is 2. The highest BCUT2D eigenvalue weighted by molar-refractivity contribution is 9.10. The number of rotatable bonds is 5. The van der Waals surface area contributed by atoms with E-state index < -0.39 is 0 Å². The third-order valence-electron chi connectivity index (χ3n) is 3.06. The molecule has 1 aromatic carbocycles. The van der Waals surface area contributed by atoms with E-state index in [0.717, 1.165) is 39.3 Å². The lowest BCUT2D eigenvalue weighted by Crippen LogP contribution is -1.98. The van der Waals surface area contributed by atoms with E-state index in [0.29, 0.717) is 6.61 Å². The van der Waals surface area contributed by atoms with Gasteiger partial charge in [0.25, 0.3) is 0 Å². The van der Waals surface area contributed by atoms with E-state index in [4.69, 9.17) is 20.8 Å². The van der Waals surface area contributed by atoms with Gasteiger partial charge in [0.05, 0.1) is 16.5 Å². The highest BCUT2D eigenvalue weighted by atomic mass is 79.9. The van der Waals surface area contributed by atoms with E-state index in [9.17, 15) is 0 Å². The van der Waals surface area contributed by atoms with Gasteiger partial charge in [0, 0.05) is 5.56 Å². The first-order chi connectivity index (χ1) is 9.52. The monoisotopic (exact) mass is 356 g/mol. The predicted octanol–water partition coefficient (Wildman–Crippen LogP) is 5.78. The number of hydrogen-bond acceptors (Lipinski definition) is 2. The molecule has 1 heterocycles. The molecule has 0 N–H and O–H groups in total. The molecule has 2 nitrogen and oxygen atoms in total. The minimum Gasteiger partial charge on any atom is -0.492 e. The second-order valence-electron chi connectivity index (χ2n) is 4.77. The van der Waals surface area contributed by atoms with Gasteiger partial charge in [-0.2, -0.15) is 0 Å². The number of hydrogen-bond donors (Lipinski definition) is 0. The van der Waals surface area contributed by atoms with Crippen LogP contribution in [0.5, 0.6) is 5.75 Å². The minimum atomic E-state index is -0.219. The Balaban J connectivity index is 2.25. The van der Waals surface area contributed by atoms with Crippen LogP contribution in [0, 0.1) is 13.8 Å². The predicted molar refractivity (Wildman–Crippen MR) is 85.8 cm³/mol. The molecule has 0 saturated carbocycles. The summed E-state index contributed by atoms with van der Waals surface area (Å²) in [4.78, 5) is 0. The normalized spacial score (nSPS) is 12.4. The van der Waals surface area contributed by atoms with Crippen molar-refractivity contribution in [2.45, 2.75) is 32.6 Å². The summed E-state index contributed by atoms with van der Waals surface area (Å²) in [5.41, 5.74) is 2.03. The molecule has 2 aromatic rings. The smallest absolute Gasteiger partial charge is 0.133 e. The van der Waals surface area contributed by atoms with Crippen LogP contribution in [-0.2, 0) is 0 Å². The summed E-state index contributed by atoms with van der Waals surface area (Å²) in [6.45, 7) is 6.66. The minimum absolute atomic E-state index is 0.219. The fourth-order valence-electron chi connectivity index (χ4n) is 2.09. The molecule has 0 aliphatic rings. The van der Waals surface area contributed by atoms with Crippen LogP contribution in [0.2, 0.25) is 0 Å². The molecule has 0 amide bonds. The average Bonchev–Trinajstić information content (AvgIpc) is 2.75. The van der Waals surface area contributed by atoms with Crippen molar-refractivity contribution in [1.29, 1.82) is 0 Å². The van der Waals surface area contributed by atoms with Crippen molar-refractivity contribution in [3.63, 3.8) is 0 Å². The van der Waals surface area contributed by atoms with Crippen LogP contribution in [0.1, 0.15) is 41.4 Å². The Morgan fingerprint density at radius 2 is 2.05 bits per heavy atom. The Kier molecular flexibility index (Phi) is 5.17. The van der Waals surface area contributed by atoms with Gasteiger partial charge in [-0.05, 0) is 60.0 Å². The lowest BCUT2D eigenvalue weighted by molar-refractivity contribution is 0.315. The summed E-state index contributed by atoms with van der Waals surface area (Å²) in [6.07, 6.45) is 0.986. The molecular weight excluding hydrogens is 340 g/mol. The molecule has 1 unspecified atom stereocenters. The third-order valence-corrected chi connectivity index (χ3v) is 4.17. The molecule has 0 saturated heterocycles. The molecule has 0 aliphatic carbocycles. The number of alkyl halides is 1. The topological polar surface area (TPSA) is 22.4 Å². The van der Waals surface area contributed by atoms with Crippen LogP contribution in [0.25, 0.3) is 0 Å². The Hall–Kier alpha value is -0.930. The lowest BCUT2D eigenvalue weighted by Gasteiger charge is -2.12. The third kappa shape index (κ3) is 3.39. The summed E-state index contributed by atoms with van der Waals surface area (Å²) in [5.74, 6) is 2.59. The van der Waals surface area contributed by atoms with Crippen molar-refractivity contribution >= 4 is 27.5 Å². The molecule has 0 fully saturated rings. The maximum Gasteiger partial charge on any atom is 0.133 e. The van der Waals surface area contributed by atoms with E-state index in [-0.39, 0.29) is 5.38 Å². The lowest BCUT2D eigenvalue weighted by atomic mass is 10.0. The first-order valence-corrected chi connectivity index (χ1v) is 7.89. The van der Waals surface area contributed by atoms with Crippen molar-refractivity contribution in [3.8, 4) is 5.75 Å². The molecule has 1 atom stereocenters. The molecule has 2 rings (SSSR count). The molecular formula is C16H18BrClO2. The van der Waals surface area contributed by atoms with E-state index in [1.807, 2.05) is 38.1 Å². The largest absolute Gasteiger partial charge is 0.492 e. The van der Waals surface area contributed by atoms with Gasteiger partial charge in [0.2, 0.25) is 0 Å². The number of ether oxygens (including phenoxy) is 1. The molecule has 0 aliphatic heterocycles. The Bertz CT molecular complexity index is 592. The summed E-state index contributed by atoms with van der Waals surface area (Å²) in [7, 11) is 0. The molecule has 0 radical (unpaired) electrons. The summed E-state index contributed by atoms with van der Waals surface area (Å²) in [5, 5.41) is -0.219. The Labute approximate surface area is 133 Å². The standard InChI is InChI=1S/C16H18BrClO2/c1-4-7-19-15-6-5-12(9-14(15)17)16(18)13-8-10(2)20-11(13)3/h5-6,8-9,16H,4,7H2,1-3H3. The molecule has 0 spiro atoms. The first kappa shape index (κ1) is 15.5. The van der Waals surface area contributed by atoms with E-state index in [1.54, 1.807) is 0 Å². The van der Waals surface area contributed by atoms with Gasteiger partial charge < -0.3 is 9.15 Å². The second kappa shape index (κ2) is 6.68. The van der Waals surface area contributed by atoms with Gasteiger partial charge >= 0.3 is 0 Å². The molecule has 108 valence electrons. The van der Waals surface area contributed by atoms with Crippen LogP contribution >= 0.6 is 27.5 Å². The fourth-order valence-corrected chi connectivity index (χ4v) is 2.95. The maximum atomic E-state index is 6.56. The first-order valence-electron chi connectivity index (χ1n) is 6.66. The Morgan fingerprint density at radius 3 is 2.60 bits per heavy atom. The number of aryl methyl sites for hydroxylation is 2. The quantitative estimate of drug-likeness (QED) is 0.633. The van der Waals surface area contributed by atoms with Gasteiger partial charge in [-0.25, -0.2) is 0 Å². The number of furan rings is 1. The van der Waals surface area contributed by atoms with E-state index in [2.05, 4.69) is 22.9 Å². The fraction of sp³-hybridized carbons (Fsp3) is 0.375. The highest BCUT2D eigenvalue weighted by Crippen LogP contribution is 2.36. The molecule has 1 aromatic heterocycles. The van der Waals surface area contributed by atoms with Gasteiger partial charge in [0.15, 0.2) is 0 Å². The molecule has 0 bridgehead atoms. The summed E-state index contributed by atoms with van der Waals surface area (Å²) in [6, 6.07) is 7.94. The van der Waals surface area contributed by atoms with E-state index >= 15 is 0 Å². The van der Waals surface area contributed by atoms with Gasteiger partial charge in [-0.15, -0.1) is 11.6 Å². The maximum absolute atomic E-state index is 6.56. The second-order valence-corrected chi connectivity index (χ2v) is 6.06. The van der Waals surface area contributed by atoms with Gasteiger partial charge in [0.1, 0.15) is 17.3 Å². The van der Waals surface area contributed by atoms with Crippen molar-refractivity contribution in [3.05, 3.63) is 51.4 Å². The summed E-state index contributed by atoms with van der Waals surface area (Å²) < 4.78 is 12.1. The zero-order valence-electron chi connectivity index (χ0n) is 11.9. The highest BCUT2D eigenvalue weighted by Gasteiger charge is 2.17. The van der Waals surface area contributed by atoms with E-state index in [1.165, 1.54) is 0 Å². The van der Waals surface area contributed by atoms with Crippen LogP contribution in [0.4, 0.5) is 0 Å². The van der Waals surface area contributed by atoms with Gasteiger partial charge in [-0.3, -0.25) is 0 Å². The number of benzene rings is 1. The van der Waals surface area contributed by atoms with Crippen LogP contribution < -0.4 is 4.74 Å². The zero-order chi connectivity index (χ0) is 14.7. The van der Waals surface area contributed by atoms with Crippen molar-refractivity contribution in [2.75, 3.05) is 6.61 Å². The zero-order valence-corrected chi connectivity index (χ0v) is 14.2. The Morgan fingerprint density at radius 1 is 1.30 bits per heavy atom. The van der Waals surface area contributed by atoms with Crippen LogP contribution in [0.15, 0.2) is 33.2 Å². The van der Waals surface area contributed by atoms with Crippen molar-refractivity contribution in [1.82, 2.24) is 0 Å². The van der Waals surface area contributed by atoms with Gasteiger partial charge in [-0.1, -0.05) is 13.0 Å².